The quantitative estimate of drug-likeness (QED) is 0.804. The normalized spacial score (nSPS) is 21.7. The number of benzene rings is 1. The Kier molecular flexibility index (Phi) is 6.21. The summed E-state index contributed by atoms with van der Waals surface area (Å²) in [5.74, 6) is 0.525. The zero-order valence-electron chi connectivity index (χ0n) is 12.9. The first-order valence-electron chi connectivity index (χ1n) is 7.90. The van der Waals surface area contributed by atoms with Gasteiger partial charge in [0, 0.05) is 32.1 Å². The molecule has 1 aliphatic rings. The van der Waals surface area contributed by atoms with Crippen LogP contribution in [0.3, 0.4) is 0 Å². The molecule has 0 unspecified atom stereocenters. The van der Waals surface area contributed by atoms with Crippen molar-refractivity contribution in [2.75, 3.05) is 20.1 Å². The molecule has 21 heavy (non-hydrogen) atoms. The minimum Gasteiger partial charge on any atom is -0.355 e. The maximum atomic E-state index is 11.9. The fraction of sp³-hybridized carbons (Fsp3) is 0.588. The highest BCUT2D eigenvalue weighted by Crippen LogP contribution is 2.26. The van der Waals surface area contributed by atoms with Gasteiger partial charge in [0.15, 0.2) is 0 Å². The highest BCUT2D eigenvalue weighted by molar-refractivity contribution is 5.76. The van der Waals surface area contributed by atoms with Gasteiger partial charge in [0.25, 0.3) is 0 Å². The van der Waals surface area contributed by atoms with Crippen molar-refractivity contribution in [3.8, 4) is 0 Å². The topological polar surface area (TPSA) is 58.4 Å². The number of hydrogen-bond donors (Lipinski definition) is 2. The lowest BCUT2D eigenvalue weighted by Gasteiger charge is -2.18. The van der Waals surface area contributed by atoms with Gasteiger partial charge in [-0.3, -0.25) is 4.79 Å². The molecule has 0 saturated heterocycles. The summed E-state index contributed by atoms with van der Waals surface area (Å²) in [5.41, 5.74) is 7.30. The van der Waals surface area contributed by atoms with Crippen LogP contribution in [0.5, 0.6) is 0 Å². The van der Waals surface area contributed by atoms with E-state index >= 15 is 0 Å². The Hall–Kier alpha value is -1.39. The summed E-state index contributed by atoms with van der Waals surface area (Å²) in [4.78, 5) is 14.1. The van der Waals surface area contributed by atoms with Crippen molar-refractivity contribution in [1.82, 2.24) is 10.2 Å². The first-order chi connectivity index (χ1) is 10.1. The zero-order chi connectivity index (χ0) is 15.1. The summed E-state index contributed by atoms with van der Waals surface area (Å²) < 4.78 is 0. The van der Waals surface area contributed by atoms with Crippen molar-refractivity contribution in [3.05, 3.63) is 35.9 Å². The van der Waals surface area contributed by atoms with Gasteiger partial charge in [-0.05, 0) is 31.4 Å². The molecule has 2 rings (SSSR count). The number of nitrogens with one attached hydrogen (secondary N) is 1. The molecule has 1 aromatic rings. The largest absolute Gasteiger partial charge is 0.355 e. The van der Waals surface area contributed by atoms with E-state index in [9.17, 15) is 4.79 Å². The van der Waals surface area contributed by atoms with Crippen molar-refractivity contribution in [1.29, 1.82) is 0 Å². The minimum absolute atomic E-state index is 0.144. The van der Waals surface area contributed by atoms with Crippen molar-refractivity contribution >= 4 is 5.91 Å². The van der Waals surface area contributed by atoms with Crippen LogP contribution in [0.2, 0.25) is 0 Å². The van der Waals surface area contributed by atoms with Crippen molar-refractivity contribution in [3.63, 3.8) is 0 Å². The van der Waals surface area contributed by atoms with Gasteiger partial charge in [0.1, 0.15) is 0 Å². The van der Waals surface area contributed by atoms with Gasteiger partial charge >= 0.3 is 0 Å². The number of carbonyl (C=O) groups is 1. The molecule has 1 aromatic carbocycles. The molecule has 0 radical (unpaired) electrons. The maximum absolute atomic E-state index is 11.9. The molecule has 0 heterocycles. The van der Waals surface area contributed by atoms with E-state index in [1.54, 1.807) is 0 Å². The third kappa shape index (κ3) is 5.48. The van der Waals surface area contributed by atoms with Crippen LogP contribution in [0.1, 0.15) is 31.2 Å². The average molecular weight is 289 g/mol. The molecule has 2 atom stereocenters. The van der Waals surface area contributed by atoms with Crippen molar-refractivity contribution < 1.29 is 4.79 Å². The van der Waals surface area contributed by atoms with E-state index in [0.717, 1.165) is 25.9 Å². The second kappa shape index (κ2) is 8.15. The highest BCUT2D eigenvalue weighted by atomic mass is 16.1. The number of carbonyl (C=O) groups excluding carboxylic acids is 1. The molecule has 4 nitrogen and oxygen atoms in total. The van der Waals surface area contributed by atoms with Crippen LogP contribution >= 0.6 is 0 Å². The fourth-order valence-electron chi connectivity index (χ4n) is 2.99. The summed E-state index contributed by atoms with van der Waals surface area (Å²) in [6.45, 7) is 2.46. The summed E-state index contributed by atoms with van der Waals surface area (Å²) in [6.07, 6.45) is 3.92. The molecule has 0 aromatic heterocycles. The molecule has 0 bridgehead atoms. The van der Waals surface area contributed by atoms with Gasteiger partial charge in [0.2, 0.25) is 5.91 Å². The number of hydrogen-bond acceptors (Lipinski definition) is 3. The van der Waals surface area contributed by atoms with Crippen LogP contribution in [-0.4, -0.2) is 37.0 Å². The smallest absolute Gasteiger partial charge is 0.220 e. The molecule has 1 aliphatic carbocycles. The van der Waals surface area contributed by atoms with Crippen LogP contribution < -0.4 is 11.1 Å². The van der Waals surface area contributed by atoms with E-state index in [0.29, 0.717) is 18.9 Å². The van der Waals surface area contributed by atoms with E-state index in [1.165, 1.54) is 12.0 Å². The molecule has 1 saturated carbocycles. The predicted molar refractivity (Wildman–Crippen MR) is 85.7 cm³/mol. The lowest BCUT2D eigenvalue weighted by atomic mass is 10.00. The molecule has 4 heteroatoms. The summed E-state index contributed by atoms with van der Waals surface area (Å²) in [7, 11) is 2.08. The molecular weight excluding hydrogens is 262 g/mol. The Morgan fingerprint density at radius 2 is 2.10 bits per heavy atom. The Morgan fingerprint density at radius 1 is 1.33 bits per heavy atom. The molecular formula is C17H27N3O. The van der Waals surface area contributed by atoms with Gasteiger partial charge < -0.3 is 16.0 Å². The third-order valence-electron chi connectivity index (χ3n) is 4.28. The van der Waals surface area contributed by atoms with E-state index in [1.807, 2.05) is 6.07 Å². The van der Waals surface area contributed by atoms with E-state index in [4.69, 9.17) is 5.73 Å². The number of nitrogens with zero attached hydrogens (tertiary/aromatic N) is 1. The lowest BCUT2D eigenvalue weighted by Crippen LogP contribution is -2.35. The number of rotatable bonds is 7. The van der Waals surface area contributed by atoms with Gasteiger partial charge in [0.05, 0.1) is 0 Å². The van der Waals surface area contributed by atoms with Crippen LogP contribution in [0.25, 0.3) is 0 Å². The Bertz CT molecular complexity index is 435. The summed E-state index contributed by atoms with van der Waals surface area (Å²) in [5, 5.41) is 3.01. The third-order valence-corrected chi connectivity index (χ3v) is 4.28. The highest BCUT2D eigenvalue weighted by Gasteiger charge is 2.25. The van der Waals surface area contributed by atoms with E-state index < -0.39 is 0 Å². The molecule has 3 N–H and O–H groups in total. The van der Waals surface area contributed by atoms with E-state index in [2.05, 4.69) is 41.5 Å². The summed E-state index contributed by atoms with van der Waals surface area (Å²) >= 11 is 0. The average Bonchev–Trinajstić information content (AvgIpc) is 2.85. The number of nitrogens with two attached hydrogens (primary N) is 1. The Labute approximate surface area is 127 Å². The maximum Gasteiger partial charge on any atom is 0.220 e. The Morgan fingerprint density at radius 3 is 2.76 bits per heavy atom. The lowest BCUT2D eigenvalue weighted by molar-refractivity contribution is -0.122. The predicted octanol–water partition coefficient (Wildman–Crippen LogP) is 1.75. The van der Waals surface area contributed by atoms with Gasteiger partial charge in [-0.15, -0.1) is 0 Å². The van der Waals surface area contributed by atoms with Gasteiger partial charge in [-0.1, -0.05) is 36.8 Å². The molecule has 116 valence electrons. The molecule has 1 fully saturated rings. The molecule has 0 spiro atoms. The van der Waals surface area contributed by atoms with Crippen LogP contribution in [-0.2, 0) is 11.3 Å². The first kappa shape index (κ1) is 16.0. The molecule has 1 amide bonds. The summed E-state index contributed by atoms with van der Waals surface area (Å²) in [6, 6.07) is 10.6. The molecule has 0 aliphatic heterocycles. The monoisotopic (exact) mass is 289 g/mol. The number of likely N-dealkylation sites (N-methyl/N-ethyl adjacent to an activating group) is 1. The van der Waals surface area contributed by atoms with Crippen LogP contribution in [0, 0.1) is 5.92 Å². The SMILES string of the molecule is CN(CCNC(=O)C[C@@H]1CCC[C@H]1N)Cc1ccccc1. The fourth-order valence-corrected chi connectivity index (χ4v) is 2.99. The first-order valence-corrected chi connectivity index (χ1v) is 7.90. The minimum atomic E-state index is 0.144. The van der Waals surface area contributed by atoms with E-state index in [-0.39, 0.29) is 11.9 Å². The van der Waals surface area contributed by atoms with Crippen LogP contribution in [0.4, 0.5) is 0 Å². The standard InChI is InChI=1S/C17H27N3O/c1-20(13-14-6-3-2-4-7-14)11-10-19-17(21)12-15-8-5-9-16(15)18/h2-4,6-7,15-16H,5,8-13,18H2,1H3,(H,19,21)/t15-,16+/m0/s1. The van der Waals surface area contributed by atoms with Crippen molar-refractivity contribution in [2.24, 2.45) is 11.7 Å². The van der Waals surface area contributed by atoms with Gasteiger partial charge in [-0.2, -0.15) is 0 Å². The Balaban J connectivity index is 1.61. The van der Waals surface area contributed by atoms with Crippen LogP contribution in [0.15, 0.2) is 30.3 Å². The van der Waals surface area contributed by atoms with Gasteiger partial charge in [-0.25, -0.2) is 0 Å². The zero-order valence-corrected chi connectivity index (χ0v) is 12.9. The van der Waals surface area contributed by atoms with Crippen molar-refractivity contribution in [2.45, 2.75) is 38.3 Å². The second-order valence-corrected chi connectivity index (χ2v) is 6.13. The number of amides is 1. The second-order valence-electron chi connectivity index (χ2n) is 6.13.